The van der Waals surface area contributed by atoms with Gasteiger partial charge in [-0.05, 0) is 12.8 Å². The van der Waals surface area contributed by atoms with Gasteiger partial charge in [-0.1, -0.05) is 6.42 Å². The van der Waals surface area contributed by atoms with E-state index in [2.05, 4.69) is 15.3 Å². The van der Waals surface area contributed by atoms with Crippen molar-refractivity contribution in [3.63, 3.8) is 0 Å². The molecule has 2 N–H and O–H groups in total. The summed E-state index contributed by atoms with van der Waals surface area (Å²) in [5.74, 6) is 0.753. The summed E-state index contributed by atoms with van der Waals surface area (Å²) in [6, 6.07) is 1.40. The predicted octanol–water partition coefficient (Wildman–Crippen LogP) is 0.892. The maximum Gasteiger partial charge on any atom is 0.251 e. The summed E-state index contributed by atoms with van der Waals surface area (Å²) in [4.78, 5) is 29.5. The highest BCUT2D eigenvalue weighted by atomic mass is 35.5. The number of H-pyrrole nitrogens is 1. The number of carbonyl (C=O) groups excluding carboxylic acids is 1. The van der Waals surface area contributed by atoms with Crippen molar-refractivity contribution in [1.82, 2.24) is 15.3 Å². The van der Waals surface area contributed by atoms with E-state index in [1.54, 1.807) is 0 Å². The van der Waals surface area contributed by atoms with Gasteiger partial charge in [0.05, 0.1) is 12.2 Å². The van der Waals surface area contributed by atoms with Gasteiger partial charge in [0.25, 0.3) is 5.56 Å². The average Bonchev–Trinajstić information content (AvgIpc) is 2.22. The molecule has 5 nitrogen and oxygen atoms in total. The van der Waals surface area contributed by atoms with Crippen LogP contribution >= 0.6 is 11.6 Å². The molecule has 0 aliphatic heterocycles. The molecule has 0 aromatic carbocycles. The summed E-state index contributed by atoms with van der Waals surface area (Å²) < 4.78 is 0. The first kappa shape index (κ1) is 12.1. The molecule has 1 aliphatic carbocycles. The van der Waals surface area contributed by atoms with E-state index in [9.17, 15) is 9.59 Å². The molecule has 1 aromatic rings. The number of aromatic nitrogens is 2. The summed E-state index contributed by atoms with van der Waals surface area (Å²) in [7, 11) is 0. The fraction of sp³-hybridized carbons (Fsp3) is 0.545. The fourth-order valence-electron chi connectivity index (χ4n) is 1.73. The molecule has 1 aliphatic rings. The largest absolute Gasteiger partial charge is 0.349 e. The zero-order valence-electron chi connectivity index (χ0n) is 9.33. The number of amides is 1. The van der Waals surface area contributed by atoms with Crippen LogP contribution in [0.2, 0.25) is 0 Å². The van der Waals surface area contributed by atoms with Gasteiger partial charge >= 0.3 is 0 Å². The van der Waals surface area contributed by atoms with Gasteiger partial charge in [-0.25, -0.2) is 4.98 Å². The van der Waals surface area contributed by atoms with Crippen LogP contribution in [-0.2, 0) is 11.3 Å². The van der Waals surface area contributed by atoms with Crippen molar-refractivity contribution in [2.45, 2.75) is 31.7 Å². The minimum atomic E-state index is -0.265. The Kier molecular flexibility index (Phi) is 3.78. The second kappa shape index (κ2) is 5.31. The molecule has 1 saturated carbocycles. The Balaban J connectivity index is 2.08. The lowest BCUT2D eigenvalue weighted by atomic mass is 9.85. The van der Waals surface area contributed by atoms with Gasteiger partial charge in [-0.3, -0.25) is 9.59 Å². The molecule has 6 heteroatoms. The molecule has 1 fully saturated rings. The lowest BCUT2D eigenvalue weighted by molar-refractivity contribution is -0.118. The molecule has 2 rings (SSSR count). The summed E-state index contributed by atoms with van der Waals surface area (Å²) in [5, 5.41) is 2.59. The monoisotopic (exact) mass is 255 g/mol. The number of halogens is 1. The minimum Gasteiger partial charge on any atom is -0.349 e. The van der Waals surface area contributed by atoms with Crippen molar-refractivity contribution in [3.05, 3.63) is 27.9 Å². The Morgan fingerprint density at radius 3 is 2.94 bits per heavy atom. The van der Waals surface area contributed by atoms with Crippen molar-refractivity contribution in [1.29, 1.82) is 0 Å². The van der Waals surface area contributed by atoms with Crippen molar-refractivity contribution in [3.8, 4) is 0 Å². The molecule has 0 bridgehead atoms. The van der Waals surface area contributed by atoms with Crippen molar-refractivity contribution in [2.75, 3.05) is 5.88 Å². The van der Waals surface area contributed by atoms with E-state index in [0.717, 1.165) is 18.7 Å². The summed E-state index contributed by atoms with van der Waals surface area (Å²) >= 11 is 5.36. The van der Waals surface area contributed by atoms with Gasteiger partial charge in [-0.2, -0.15) is 0 Å². The van der Waals surface area contributed by atoms with E-state index in [4.69, 9.17) is 11.6 Å². The predicted molar refractivity (Wildman–Crippen MR) is 64.0 cm³/mol. The number of nitrogens with zero attached hydrogens (tertiary/aromatic N) is 1. The molecule has 0 spiro atoms. The van der Waals surface area contributed by atoms with Crippen LogP contribution in [0, 0.1) is 0 Å². The highest BCUT2D eigenvalue weighted by Gasteiger charge is 2.22. The van der Waals surface area contributed by atoms with E-state index < -0.39 is 0 Å². The Bertz CT molecular complexity index is 468. The topological polar surface area (TPSA) is 74.8 Å². The molecular formula is C11H14ClN3O2. The van der Waals surface area contributed by atoms with Gasteiger partial charge < -0.3 is 10.3 Å². The third-order valence-electron chi connectivity index (χ3n) is 2.89. The molecule has 1 heterocycles. The Hall–Kier alpha value is -1.36. The van der Waals surface area contributed by atoms with Crippen LogP contribution in [-0.4, -0.2) is 21.8 Å². The first-order chi connectivity index (χ1) is 8.19. The van der Waals surface area contributed by atoms with Gasteiger partial charge in [0.15, 0.2) is 0 Å². The maximum atomic E-state index is 11.4. The molecule has 0 unspecified atom stereocenters. The first-order valence-corrected chi connectivity index (χ1v) is 6.15. The van der Waals surface area contributed by atoms with E-state index in [1.807, 2.05) is 0 Å². The summed E-state index contributed by atoms with van der Waals surface area (Å²) in [6.45, 7) is 0.245. The van der Waals surface area contributed by atoms with Crippen LogP contribution in [0.4, 0.5) is 0 Å². The zero-order chi connectivity index (χ0) is 12.3. The zero-order valence-corrected chi connectivity index (χ0v) is 10.1. The molecule has 0 atom stereocenters. The average molecular weight is 256 g/mol. The van der Waals surface area contributed by atoms with E-state index >= 15 is 0 Å². The van der Waals surface area contributed by atoms with Crippen LogP contribution in [0.15, 0.2) is 10.9 Å². The maximum absolute atomic E-state index is 11.4. The number of hydrogen-bond donors (Lipinski definition) is 2. The molecule has 92 valence electrons. The van der Waals surface area contributed by atoms with Crippen molar-refractivity contribution in [2.24, 2.45) is 0 Å². The molecule has 0 saturated heterocycles. The second-order valence-corrected chi connectivity index (χ2v) is 4.43. The quantitative estimate of drug-likeness (QED) is 0.785. The number of rotatable bonds is 4. The highest BCUT2D eigenvalue weighted by molar-refractivity contribution is 6.27. The molecule has 0 radical (unpaired) electrons. The van der Waals surface area contributed by atoms with E-state index in [-0.39, 0.29) is 23.9 Å². The van der Waals surface area contributed by atoms with Gasteiger partial charge in [0.1, 0.15) is 11.7 Å². The Labute approximate surface area is 104 Å². The molecule has 17 heavy (non-hydrogen) atoms. The third kappa shape index (κ3) is 3.06. The smallest absolute Gasteiger partial charge is 0.251 e. The Morgan fingerprint density at radius 2 is 2.35 bits per heavy atom. The number of hydrogen-bond acceptors (Lipinski definition) is 3. The number of aromatic amines is 1. The van der Waals surface area contributed by atoms with Crippen LogP contribution in [0.5, 0.6) is 0 Å². The van der Waals surface area contributed by atoms with Gasteiger partial charge in [0, 0.05) is 12.0 Å². The van der Waals surface area contributed by atoms with Crippen LogP contribution in [0.3, 0.4) is 0 Å². The second-order valence-electron chi connectivity index (χ2n) is 4.16. The molecule has 1 amide bonds. The first-order valence-electron chi connectivity index (χ1n) is 5.62. The van der Waals surface area contributed by atoms with Crippen LogP contribution in [0.25, 0.3) is 0 Å². The lowest BCUT2D eigenvalue weighted by Gasteiger charge is -2.24. The van der Waals surface area contributed by atoms with Crippen molar-refractivity contribution < 1.29 is 4.79 Å². The summed E-state index contributed by atoms with van der Waals surface area (Å²) in [5.41, 5.74) is 0.408. The van der Waals surface area contributed by atoms with Crippen molar-refractivity contribution >= 4 is 17.5 Å². The standard InChI is InChI=1S/C11H14ClN3O2/c12-5-10(17)13-6-8-4-9(16)15-11(14-8)7-2-1-3-7/h4,7H,1-3,5-6H2,(H,13,17)(H,14,15,16). The highest BCUT2D eigenvalue weighted by Crippen LogP contribution is 2.33. The number of alkyl halides is 1. The van der Waals surface area contributed by atoms with Crippen LogP contribution in [0.1, 0.15) is 36.7 Å². The SMILES string of the molecule is O=C(CCl)NCc1cc(=O)[nH]c(C2CCC2)n1. The van der Waals surface area contributed by atoms with Gasteiger partial charge in [0.2, 0.25) is 5.91 Å². The van der Waals surface area contributed by atoms with E-state index in [1.165, 1.54) is 12.5 Å². The van der Waals surface area contributed by atoms with Gasteiger partial charge in [-0.15, -0.1) is 11.6 Å². The molecular weight excluding hydrogens is 242 g/mol. The fourth-order valence-corrected chi connectivity index (χ4v) is 1.83. The number of carbonyl (C=O) groups is 1. The number of nitrogens with one attached hydrogen (secondary N) is 2. The van der Waals surface area contributed by atoms with E-state index in [0.29, 0.717) is 11.6 Å². The molecule has 1 aromatic heterocycles. The van der Waals surface area contributed by atoms with Crippen LogP contribution < -0.4 is 10.9 Å². The lowest BCUT2D eigenvalue weighted by Crippen LogP contribution is -2.26. The third-order valence-corrected chi connectivity index (χ3v) is 3.14. The Morgan fingerprint density at radius 1 is 1.59 bits per heavy atom. The minimum absolute atomic E-state index is 0.0846. The normalized spacial score (nSPS) is 15.4. The summed E-state index contributed by atoms with van der Waals surface area (Å²) in [6.07, 6.45) is 3.32.